The van der Waals surface area contributed by atoms with E-state index in [9.17, 15) is 0 Å². The monoisotopic (exact) mass is 262 g/mol. The van der Waals surface area contributed by atoms with Crippen LogP contribution < -0.4 is 0 Å². The molecule has 1 aromatic heterocycles. The van der Waals surface area contributed by atoms with Gasteiger partial charge in [0.15, 0.2) is 0 Å². The molecule has 6 atom stereocenters. The second kappa shape index (κ2) is 4.76. The fourth-order valence-electron chi connectivity index (χ4n) is 1.91. The van der Waals surface area contributed by atoms with Gasteiger partial charge in [-0.05, 0) is 6.42 Å². The first-order valence-corrected chi connectivity index (χ1v) is 11.2. The van der Waals surface area contributed by atoms with Gasteiger partial charge >= 0.3 is 0 Å². The number of hydrogen-bond donors (Lipinski definition) is 0. The summed E-state index contributed by atoms with van der Waals surface area (Å²) in [7, 11) is 6.93. The number of hydrogen-bond acceptors (Lipinski definition) is 2. The van der Waals surface area contributed by atoms with Gasteiger partial charge in [-0.1, -0.05) is 22.2 Å². The Hall–Kier alpha value is 0.800. The zero-order valence-corrected chi connectivity index (χ0v) is 12.2. The normalized spacial score (nSPS) is 28.2. The highest BCUT2D eigenvalue weighted by molar-refractivity contribution is 8.61. The average molecular weight is 262 g/mol. The molecule has 0 bridgehead atoms. The Morgan fingerprint density at radius 3 is 2.86 bits per heavy atom. The molecule has 1 aromatic rings. The van der Waals surface area contributed by atoms with Crippen LogP contribution in [0.3, 0.4) is 0 Å². The van der Waals surface area contributed by atoms with Crippen LogP contribution in [0.15, 0.2) is 12.4 Å². The van der Waals surface area contributed by atoms with Crippen molar-refractivity contribution in [2.24, 2.45) is 0 Å². The lowest BCUT2D eigenvalue weighted by Crippen LogP contribution is -2.05. The first-order valence-electron chi connectivity index (χ1n) is 4.54. The number of rotatable bonds is 2. The highest BCUT2D eigenvalue weighted by Crippen LogP contribution is 2.72. The number of nitrogens with zero attached hydrogens (tertiary/aromatic N) is 2. The summed E-state index contributed by atoms with van der Waals surface area (Å²) in [4.78, 5) is 8.85. The third-order valence-electron chi connectivity index (χ3n) is 2.72. The van der Waals surface area contributed by atoms with Gasteiger partial charge in [0.05, 0.1) is 11.4 Å². The molecule has 0 saturated heterocycles. The fraction of sp³-hybridized carbons (Fsp3) is 0.500. The molecule has 14 heavy (non-hydrogen) atoms. The summed E-state index contributed by atoms with van der Waals surface area (Å²) in [6.45, 7) is 2.29. The Balaban J connectivity index is 2.25. The molecule has 2 rings (SSSR count). The van der Waals surface area contributed by atoms with Crippen LogP contribution in [0, 0.1) is 0 Å². The molecule has 1 aliphatic rings. The summed E-state index contributed by atoms with van der Waals surface area (Å²) in [5, 5.41) is 0. The minimum Gasteiger partial charge on any atom is -0.258 e. The highest BCUT2D eigenvalue weighted by Gasteiger charge is 2.34. The molecule has 0 spiro atoms. The average Bonchev–Trinajstić information content (AvgIpc) is 2.56. The van der Waals surface area contributed by atoms with E-state index in [1.54, 1.807) is 0 Å². The second-order valence-electron chi connectivity index (χ2n) is 3.48. The van der Waals surface area contributed by atoms with Crippen molar-refractivity contribution in [3.63, 3.8) is 0 Å². The number of fused-ring (bicyclic) bond motifs is 1. The first kappa shape index (κ1) is 11.3. The standard InChI is InChI=1S/C8H14N2P4/c1-5-7(14(12)13-11)4-6-8(5)10-3-2-9-6/h2-3,5,7,13H,4,11-12H2,1H3/t5-,7-,14?/m1/s1. The first-order chi connectivity index (χ1) is 6.74. The van der Waals surface area contributed by atoms with Crippen molar-refractivity contribution < 1.29 is 0 Å². The van der Waals surface area contributed by atoms with Crippen LogP contribution in [0.2, 0.25) is 0 Å². The maximum Gasteiger partial charge on any atom is 0.0653 e. The molecular weight excluding hydrogens is 248 g/mol. The van der Waals surface area contributed by atoms with Gasteiger partial charge < -0.3 is 0 Å². The van der Waals surface area contributed by atoms with Crippen molar-refractivity contribution >= 4 is 33.1 Å². The lowest BCUT2D eigenvalue weighted by molar-refractivity contribution is 0.747. The van der Waals surface area contributed by atoms with Gasteiger partial charge in [0.1, 0.15) is 0 Å². The Morgan fingerprint density at radius 2 is 2.21 bits per heavy atom. The summed E-state index contributed by atoms with van der Waals surface area (Å²) in [5.74, 6) is 0.593. The molecule has 2 nitrogen and oxygen atoms in total. The molecule has 76 valence electrons. The molecule has 0 aromatic carbocycles. The molecular formula is C8H14N2P4. The molecule has 1 aliphatic carbocycles. The molecule has 0 N–H and O–H groups in total. The molecule has 6 heteroatoms. The molecule has 4 unspecified atom stereocenters. The quantitative estimate of drug-likeness (QED) is 0.765. The van der Waals surface area contributed by atoms with E-state index in [1.165, 1.54) is 11.4 Å². The van der Waals surface area contributed by atoms with Crippen molar-refractivity contribution in [2.75, 3.05) is 0 Å². The van der Waals surface area contributed by atoms with Gasteiger partial charge in [0.25, 0.3) is 0 Å². The third-order valence-corrected chi connectivity index (χ3v) is 14.1. The third kappa shape index (κ3) is 2.01. The van der Waals surface area contributed by atoms with Gasteiger partial charge in [-0.3, -0.25) is 9.97 Å². The summed E-state index contributed by atoms with van der Waals surface area (Å²) in [6.07, 6.45) is 4.74. The van der Waals surface area contributed by atoms with Crippen LogP contribution in [0.25, 0.3) is 0 Å². The minimum absolute atomic E-state index is 0.0622. The lowest BCUT2D eigenvalue weighted by Gasteiger charge is -2.21. The van der Waals surface area contributed by atoms with Crippen molar-refractivity contribution in [1.29, 1.82) is 0 Å². The van der Waals surface area contributed by atoms with E-state index < -0.39 is 0 Å². The lowest BCUT2D eigenvalue weighted by atomic mass is 10.1. The smallest absolute Gasteiger partial charge is 0.0653 e. The SMILES string of the molecule is C[C@H]1c2nccnc2C[C@H]1P(P)PP. The second-order valence-corrected chi connectivity index (χ2v) is 13.1. The Bertz CT molecular complexity index is 333. The van der Waals surface area contributed by atoms with Crippen LogP contribution >= 0.6 is 33.1 Å². The van der Waals surface area contributed by atoms with Crippen LogP contribution in [-0.4, -0.2) is 15.6 Å². The summed E-state index contributed by atoms with van der Waals surface area (Å²) >= 11 is 0. The van der Waals surface area contributed by atoms with E-state index in [4.69, 9.17) is 0 Å². The maximum absolute atomic E-state index is 4.44. The van der Waals surface area contributed by atoms with E-state index >= 15 is 0 Å². The predicted octanol–water partition coefficient (Wildman–Crippen LogP) is 3.16. The van der Waals surface area contributed by atoms with Crippen LogP contribution in [0.1, 0.15) is 24.2 Å². The minimum atomic E-state index is 0.0622. The topological polar surface area (TPSA) is 25.8 Å². The van der Waals surface area contributed by atoms with Crippen molar-refractivity contribution in [1.82, 2.24) is 9.97 Å². The van der Waals surface area contributed by atoms with Gasteiger partial charge in [-0.25, -0.2) is 0 Å². The predicted molar refractivity (Wildman–Crippen MR) is 72.6 cm³/mol. The van der Waals surface area contributed by atoms with E-state index in [1.807, 2.05) is 12.4 Å². The van der Waals surface area contributed by atoms with E-state index in [0.29, 0.717) is 5.92 Å². The molecule has 0 amide bonds. The molecule has 0 radical (unpaired) electrons. The van der Waals surface area contributed by atoms with Gasteiger partial charge in [0, 0.05) is 24.0 Å². The Labute approximate surface area is 92.1 Å². The van der Waals surface area contributed by atoms with Gasteiger partial charge in [0.2, 0.25) is 0 Å². The largest absolute Gasteiger partial charge is 0.258 e. The molecule has 0 fully saturated rings. The highest BCUT2D eigenvalue weighted by atomic mass is 32.6. The molecule has 1 heterocycles. The maximum atomic E-state index is 4.44. The van der Waals surface area contributed by atoms with Gasteiger partial charge in [-0.2, -0.15) is 0 Å². The zero-order valence-electron chi connectivity index (χ0n) is 8.01. The Morgan fingerprint density at radius 1 is 1.50 bits per heavy atom. The Kier molecular flexibility index (Phi) is 3.84. The van der Waals surface area contributed by atoms with Crippen molar-refractivity contribution in [3.05, 3.63) is 23.8 Å². The van der Waals surface area contributed by atoms with Crippen LogP contribution in [0.4, 0.5) is 0 Å². The van der Waals surface area contributed by atoms with E-state index in [-0.39, 0.29) is 7.30 Å². The zero-order chi connectivity index (χ0) is 10.1. The van der Waals surface area contributed by atoms with Gasteiger partial charge in [-0.15, -0.1) is 17.9 Å². The van der Waals surface area contributed by atoms with Crippen LogP contribution in [-0.2, 0) is 6.42 Å². The summed E-state index contributed by atoms with van der Waals surface area (Å²) in [6, 6.07) is 0. The van der Waals surface area contributed by atoms with E-state index in [0.717, 1.165) is 20.0 Å². The summed E-state index contributed by atoms with van der Waals surface area (Å²) < 4.78 is 0. The van der Waals surface area contributed by atoms with E-state index in [2.05, 4.69) is 34.7 Å². The van der Waals surface area contributed by atoms with Crippen molar-refractivity contribution in [2.45, 2.75) is 24.9 Å². The molecule has 0 saturated carbocycles. The summed E-state index contributed by atoms with van der Waals surface area (Å²) in [5.41, 5.74) is 3.22. The van der Waals surface area contributed by atoms with Crippen molar-refractivity contribution in [3.8, 4) is 0 Å². The number of aromatic nitrogens is 2. The molecule has 0 aliphatic heterocycles. The van der Waals surface area contributed by atoms with Crippen LogP contribution in [0.5, 0.6) is 0 Å². The fourth-order valence-corrected chi connectivity index (χ4v) is 7.42.